The summed E-state index contributed by atoms with van der Waals surface area (Å²) in [5, 5.41) is 0. The van der Waals surface area contributed by atoms with Gasteiger partial charge in [0, 0.05) is 0 Å². The van der Waals surface area contributed by atoms with Crippen molar-refractivity contribution in [2.75, 3.05) is 0 Å². The van der Waals surface area contributed by atoms with E-state index in [0.29, 0.717) is 0 Å². The van der Waals surface area contributed by atoms with Gasteiger partial charge in [0.05, 0.1) is 0 Å². The largest absolute Gasteiger partial charge is 1.00 e. The Morgan fingerprint density at radius 3 is 1.24 bits per heavy atom. The van der Waals surface area contributed by atoms with E-state index in [1.54, 1.807) is 66.8 Å². The van der Waals surface area contributed by atoms with Crippen LogP contribution in [0.5, 0.6) is 0 Å². The molecule has 2 unspecified atom stereocenters. The van der Waals surface area contributed by atoms with Crippen LogP contribution < -0.4 is 24.8 Å². The van der Waals surface area contributed by atoms with Crippen molar-refractivity contribution < 1.29 is 45.2 Å². The maximum atomic E-state index is 2.71. The van der Waals surface area contributed by atoms with Crippen molar-refractivity contribution in [2.45, 2.75) is 138 Å². The number of aryl methyl sites for hydroxylation is 2. The first-order valence-electron chi connectivity index (χ1n) is 16.5. The van der Waals surface area contributed by atoms with Crippen molar-refractivity contribution in [2.24, 2.45) is 0 Å². The average molecular weight is 699 g/mol. The van der Waals surface area contributed by atoms with Crippen LogP contribution in [-0.4, -0.2) is 5.43 Å². The maximum Gasteiger partial charge on any atom is -1.00 e. The summed E-state index contributed by atoms with van der Waals surface area (Å²) in [6, 6.07) is 10.2. The molecule has 2 atom stereocenters. The van der Waals surface area contributed by atoms with Crippen molar-refractivity contribution in [1.29, 1.82) is 0 Å². The second-order valence-electron chi connectivity index (χ2n) is 14.1. The summed E-state index contributed by atoms with van der Waals surface area (Å²) in [7, 11) is 0. The molecular formula is C38H52Cl2SiZr. The zero-order valence-electron chi connectivity index (χ0n) is 27.4. The summed E-state index contributed by atoms with van der Waals surface area (Å²) < 4.78 is 1.50. The number of hydrogen-bond acceptors (Lipinski definition) is 0. The molecule has 2 fully saturated rings. The van der Waals surface area contributed by atoms with E-state index < -0.39 is 25.8 Å². The van der Waals surface area contributed by atoms with Crippen LogP contribution in [0.2, 0.25) is 13.1 Å². The molecule has 0 aromatic heterocycles. The molecule has 2 saturated carbocycles. The minimum absolute atomic E-state index is 0. The Labute approximate surface area is 277 Å². The van der Waals surface area contributed by atoms with Gasteiger partial charge in [0.2, 0.25) is 0 Å². The third-order valence-corrected chi connectivity index (χ3v) is 31.3. The third-order valence-electron chi connectivity index (χ3n) is 11.7. The molecule has 6 rings (SSSR count). The van der Waals surface area contributed by atoms with E-state index >= 15 is 0 Å². The molecule has 4 heteroatoms. The predicted octanol–water partition coefficient (Wildman–Crippen LogP) is 5.67. The van der Waals surface area contributed by atoms with Crippen LogP contribution in [0, 0.1) is 13.8 Å². The Bertz CT molecular complexity index is 1340. The number of allylic oxidation sites excluding steroid dienone is 4. The topological polar surface area (TPSA) is 0 Å². The smallest absolute Gasteiger partial charge is 1.00 e. The zero-order chi connectivity index (χ0) is 28.3. The summed E-state index contributed by atoms with van der Waals surface area (Å²) in [6.07, 6.45) is 14.1. The summed E-state index contributed by atoms with van der Waals surface area (Å²) >= 11 is -2.09. The van der Waals surface area contributed by atoms with E-state index in [1.165, 1.54) is 64.2 Å². The minimum atomic E-state index is -2.09. The van der Waals surface area contributed by atoms with E-state index in [4.69, 9.17) is 0 Å². The van der Waals surface area contributed by atoms with Gasteiger partial charge in [-0.1, -0.05) is 0 Å². The second-order valence-corrected chi connectivity index (χ2v) is 32.0. The van der Waals surface area contributed by atoms with E-state index in [1.807, 2.05) is 0 Å². The van der Waals surface area contributed by atoms with Gasteiger partial charge in [-0.3, -0.25) is 0 Å². The molecule has 0 nitrogen and oxygen atoms in total. The third kappa shape index (κ3) is 5.72. The number of halogens is 2. The number of benzene rings is 2. The van der Waals surface area contributed by atoms with Gasteiger partial charge in [-0.2, -0.15) is 0 Å². The Morgan fingerprint density at radius 2 is 0.905 bits per heavy atom. The number of fused-ring (bicyclic) bond motifs is 2. The van der Waals surface area contributed by atoms with E-state index in [-0.39, 0.29) is 24.8 Å². The fourth-order valence-corrected chi connectivity index (χ4v) is 30.8. The maximum absolute atomic E-state index is 2.71. The Hall–Kier alpha value is -0.400. The number of rotatable bonds is 4. The molecule has 0 N–H and O–H groups in total. The summed E-state index contributed by atoms with van der Waals surface area (Å²) in [5.41, 5.74) is 20.1. The van der Waals surface area contributed by atoms with Crippen molar-refractivity contribution >= 4 is 16.6 Å². The molecule has 0 amide bonds. The van der Waals surface area contributed by atoms with Gasteiger partial charge in [-0.05, 0) is 0 Å². The molecule has 0 aliphatic heterocycles. The van der Waals surface area contributed by atoms with Crippen LogP contribution in [-0.2, 0) is 20.4 Å². The average Bonchev–Trinajstić information content (AvgIpc) is 3.37. The van der Waals surface area contributed by atoms with Crippen molar-refractivity contribution in [3.8, 4) is 0 Å². The van der Waals surface area contributed by atoms with E-state index in [9.17, 15) is 0 Å². The minimum Gasteiger partial charge on any atom is -1.00 e. The van der Waals surface area contributed by atoms with E-state index in [2.05, 4.69) is 78.9 Å². The zero-order valence-corrected chi connectivity index (χ0v) is 32.4. The van der Waals surface area contributed by atoms with Crippen LogP contribution in [0.25, 0.3) is 11.1 Å². The molecule has 4 aliphatic carbocycles. The molecule has 4 aliphatic rings. The van der Waals surface area contributed by atoms with Crippen LogP contribution >= 0.6 is 0 Å². The van der Waals surface area contributed by atoms with E-state index in [0.717, 1.165) is 19.1 Å². The van der Waals surface area contributed by atoms with Gasteiger partial charge < -0.3 is 24.8 Å². The molecule has 226 valence electrons. The van der Waals surface area contributed by atoms with Crippen LogP contribution in [0.4, 0.5) is 0 Å². The fraction of sp³-hybridized carbons (Fsp3) is 0.579. The monoisotopic (exact) mass is 696 g/mol. The molecule has 2 aromatic carbocycles. The molecule has 0 radical (unpaired) electrons. The molecule has 0 bridgehead atoms. The first kappa shape index (κ1) is 34.5. The summed E-state index contributed by atoms with van der Waals surface area (Å²) in [5.74, 6) is 1.56. The van der Waals surface area contributed by atoms with Crippen LogP contribution in [0.3, 0.4) is 0 Å². The molecule has 2 aromatic rings. The fourth-order valence-electron chi connectivity index (χ4n) is 9.35. The number of hydrogen-bond donors (Lipinski definition) is 0. The van der Waals surface area contributed by atoms with Gasteiger partial charge in [-0.25, -0.2) is 0 Å². The molecule has 42 heavy (non-hydrogen) atoms. The molecular weight excluding hydrogens is 647 g/mol. The summed E-state index contributed by atoms with van der Waals surface area (Å²) in [6.45, 7) is 20.4. The van der Waals surface area contributed by atoms with Gasteiger partial charge >= 0.3 is 255 Å². The Kier molecular flexibility index (Phi) is 11.4. The molecule has 0 heterocycles. The SMILES string of the molecule is CC1=C(C)[CH]([Zr+2]([CH]2C(C)=C(C)c3c(C4CCCCC4)ccc(C)c32)=[Si](C)C)c2c(C)ccc(C3CCCCC3)c21.[Cl-].[Cl-]. The van der Waals surface area contributed by atoms with Crippen LogP contribution in [0.1, 0.15) is 155 Å². The van der Waals surface area contributed by atoms with Gasteiger partial charge in [0.1, 0.15) is 0 Å². The quantitative estimate of drug-likeness (QED) is 0.361. The van der Waals surface area contributed by atoms with Crippen molar-refractivity contribution in [3.05, 3.63) is 79.9 Å². The van der Waals surface area contributed by atoms with Gasteiger partial charge in [0.25, 0.3) is 0 Å². The first-order chi connectivity index (χ1) is 19.2. The standard InChI is InChI=1S/2C18H23.C2H6Si.2ClH.Zr/c2*1-12-9-10-16(15-7-5-4-6-8-15)18-14(3)13(2)11-17(12)18;1-3-2;;;/h2*9-11,15H,4-8H2,1-3H3;1-2H3;2*1H;/q;;;;;+2/p-2. The van der Waals surface area contributed by atoms with Crippen molar-refractivity contribution in [3.63, 3.8) is 0 Å². The second kappa shape index (κ2) is 13.9. The molecule has 0 saturated heterocycles. The summed E-state index contributed by atoms with van der Waals surface area (Å²) in [4.78, 5) is 0. The van der Waals surface area contributed by atoms with Gasteiger partial charge in [0.15, 0.2) is 0 Å². The Balaban J connectivity index is 0.00000202. The first-order valence-corrected chi connectivity index (χ1v) is 25.5. The normalized spacial score (nSPS) is 22.3. The van der Waals surface area contributed by atoms with Crippen molar-refractivity contribution in [1.82, 2.24) is 0 Å². The van der Waals surface area contributed by atoms with Crippen LogP contribution in [0.15, 0.2) is 35.4 Å². The molecule has 0 spiro atoms. The van der Waals surface area contributed by atoms with Gasteiger partial charge in [-0.15, -0.1) is 0 Å². The Morgan fingerprint density at radius 1 is 0.548 bits per heavy atom. The predicted molar refractivity (Wildman–Crippen MR) is 174 cm³/mol.